The number of benzene rings is 1. The van der Waals surface area contributed by atoms with Crippen LogP contribution in [0.15, 0.2) is 54.1 Å². The molecule has 3 aromatic rings. The number of hydrogen-bond acceptors (Lipinski definition) is 7. The van der Waals surface area contributed by atoms with Gasteiger partial charge in [0.1, 0.15) is 17.5 Å². The van der Waals surface area contributed by atoms with E-state index in [2.05, 4.69) is 20.5 Å². The Balaban J connectivity index is 1.44. The number of hydrogen-bond donors (Lipinski definition) is 0. The summed E-state index contributed by atoms with van der Waals surface area (Å²) in [5.74, 6) is -0.464. The number of pyridine rings is 1. The molecule has 32 heavy (non-hydrogen) atoms. The molecule has 1 amide bonds. The topological polar surface area (TPSA) is 94.7 Å². The van der Waals surface area contributed by atoms with Gasteiger partial charge < -0.3 is 9.57 Å². The molecule has 1 aliphatic rings. The Bertz CT molecular complexity index is 1110. The molecule has 1 aromatic carbocycles. The lowest BCUT2D eigenvalue weighted by atomic mass is 10.1. The zero-order chi connectivity index (χ0) is 22.7. The lowest BCUT2D eigenvalue weighted by molar-refractivity contribution is 0.00196. The highest BCUT2D eigenvalue weighted by molar-refractivity contribution is 5.90. The number of anilines is 1. The van der Waals surface area contributed by atoms with Crippen molar-refractivity contribution in [2.24, 2.45) is 5.16 Å². The molecule has 4 rings (SSSR count). The molecule has 0 unspecified atom stereocenters. The third-order valence-electron chi connectivity index (χ3n) is 4.61. The summed E-state index contributed by atoms with van der Waals surface area (Å²) in [4.78, 5) is 23.2. The highest BCUT2D eigenvalue weighted by atomic mass is 19.1. The van der Waals surface area contributed by atoms with Crippen molar-refractivity contribution in [1.82, 2.24) is 20.0 Å². The van der Waals surface area contributed by atoms with Gasteiger partial charge in [-0.25, -0.2) is 13.9 Å². The van der Waals surface area contributed by atoms with Gasteiger partial charge in [0, 0.05) is 23.5 Å². The molecule has 10 heteroatoms. The van der Waals surface area contributed by atoms with Crippen molar-refractivity contribution in [2.45, 2.75) is 39.0 Å². The highest BCUT2D eigenvalue weighted by Gasteiger charge is 2.33. The van der Waals surface area contributed by atoms with Crippen LogP contribution in [0.2, 0.25) is 0 Å². The fourth-order valence-electron chi connectivity index (χ4n) is 3.15. The number of rotatable bonds is 6. The van der Waals surface area contributed by atoms with Gasteiger partial charge >= 0.3 is 6.09 Å². The van der Waals surface area contributed by atoms with E-state index >= 15 is 0 Å². The summed E-state index contributed by atoms with van der Waals surface area (Å²) >= 11 is 0. The zero-order valence-corrected chi connectivity index (χ0v) is 18.0. The zero-order valence-electron chi connectivity index (χ0n) is 18.0. The van der Waals surface area contributed by atoms with Crippen LogP contribution >= 0.6 is 0 Å². The summed E-state index contributed by atoms with van der Waals surface area (Å²) in [5, 5.41) is 11.5. The Kier molecular flexibility index (Phi) is 5.85. The average molecular weight is 438 g/mol. The quantitative estimate of drug-likeness (QED) is 0.431. The monoisotopic (exact) mass is 438 g/mol. The number of ether oxygens (including phenoxy) is 1. The molecule has 1 saturated heterocycles. The summed E-state index contributed by atoms with van der Waals surface area (Å²) in [7, 11) is 0. The summed E-state index contributed by atoms with van der Waals surface area (Å²) < 4.78 is 21.8. The summed E-state index contributed by atoms with van der Waals surface area (Å²) in [5.41, 5.74) is 1.61. The molecule has 1 aliphatic heterocycles. The van der Waals surface area contributed by atoms with E-state index in [1.165, 1.54) is 17.2 Å². The lowest BCUT2D eigenvalue weighted by Gasteiger charge is -2.15. The standard InChI is InChI=1S/C22H23FN6O3/c1-22(2,3)32-26-12-16-5-4-15(11-24-16)19-7-6-17(10-20(19)23)29-14-18(31-21(29)30)13-28-9-8-25-27-28/h4-12,18H,13-14H2,1-3H3/t18-/m0/s1. The molecule has 1 fully saturated rings. The van der Waals surface area contributed by atoms with Crippen molar-refractivity contribution >= 4 is 18.0 Å². The Morgan fingerprint density at radius 1 is 1.31 bits per heavy atom. The first-order valence-electron chi connectivity index (χ1n) is 10.1. The predicted molar refractivity (Wildman–Crippen MR) is 116 cm³/mol. The number of carbonyl (C=O) groups excluding carboxylic acids is 1. The first-order valence-corrected chi connectivity index (χ1v) is 10.1. The van der Waals surface area contributed by atoms with E-state index in [-0.39, 0.29) is 5.60 Å². The third kappa shape index (κ3) is 5.08. The van der Waals surface area contributed by atoms with Crippen LogP contribution in [0.5, 0.6) is 0 Å². The molecule has 1 atom stereocenters. The second-order valence-electron chi connectivity index (χ2n) is 8.32. The number of cyclic esters (lactones) is 1. The largest absolute Gasteiger partial charge is 0.442 e. The van der Waals surface area contributed by atoms with Gasteiger partial charge in [-0.3, -0.25) is 9.88 Å². The van der Waals surface area contributed by atoms with Gasteiger partial charge in [-0.05, 0) is 45.0 Å². The van der Waals surface area contributed by atoms with Crippen LogP contribution in [-0.4, -0.2) is 50.5 Å². The van der Waals surface area contributed by atoms with Gasteiger partial charge in [0.15, 0.2) is 0 Å². The van der Waals surface area contributed by atoms with Crippen molar-refractivity contribution in [3.63, 3.8) is 0 Å². The highest BCUT2D eigenvalue weighted by Crippen LogP contribution is 2.29. The van der Waals surface area contributed by atoms with E-state index in [1.54, 1.807) is 47.5 Å². The van der Waals surface area contributed by atoms with Gasteiger partial charge in [-0.2, -0.15) is 0 Å². The summed E-state index contributed by atoms with van der Waals surface area (Å²) in [6.07, 6.45) is 5.39. The maximum Gasteiger partial charge on any atom is 0.414 e. The molecule has 166 valence electrons. The van der Waals surface area contributed by atoms with Crippen molar-refractivity contribution in [3.05, 3.63) is 60.4 Å². The normalized spacial score (nSPS) is 16.6. The van der Waals surface area contributed by atoms with Crippen LogP contribution in [0.3, 0.4) is 0 Å². The number of amides is 1. The maximum absolute atomic E-state index is 14.9. The SMILES string of the molecule is CC(C)(C)ON=Cc1ccc(-c2ccc(N3C[C@H](Cn4ccnn4)OC3=O)cc2F)cn1. The predicted octanol–water partition coefficient (Wildman–Crippen LogP) is 3.65. The van der Waals surface area contributed by atoms with Crippen LogP contribution in [0.25, 0.3) is 11.1 Å². The Morgan fingerprint density at radius 3 is 2.81 bits per heavy atom. The average Bonchev–Trinajstić information content (AvgIpc) is 3.37. The third-order valence-corrected chi connectivity index (χ3v) is 4.61. The van der Waals surface area contributed by atoms with Gasteiger partial charge in [0.05, 0.1) is 36.9 Å². The number of carbonyl (C=O) groups is 1. The van der Waals surface area contributed by atoms with E-state index < -0.39 is 18.0 Å². The maximum atomic E-state index is 14.9. The van der Waals surface area contributed by atoms with Crippen LogP contribution in [0.1, 0.15) is 26.5 Å². The lowest BCUT2D eigenvalue weighted by Crippen LogP contribution is -2.26. The second kappa shape index (κ2) is 8.74. The summed E-state index contributed by atoms with van der Waals surface area (Å²) in [6.45, 7) is 6.36. The van der Waals surface area contributed by atoms with Crippen molar-refractivity contribution in [1.29, 1.82) is 0 Å². The molecule has 2 aromatic heterocycles. The molecule has 0 N–H and O–H groups in total. The van der Waals surface area contributed by atoms with Crippen LogP contribution in [0, 0.1) is 5.82 Å². The first-order chi connectivity index (χ1) is 15.3. The van der Waals surface area contributed by atoms with Gasteiger partial charge in [-0.1, -0.05) is 16.4 Å². The fraction of sp³-hybridized carbons (Fsp3) is 0.318. The number of halogens is 1. The number of nitrogens with zero attached hydrogens (tertiary/aromatic N) is 6. The minimum absolute atomic E-state index is 0.295. The minimum atomic E-state index is -0.523. The van der Waals surface area contributed by atoms with Gasteiger partial charge in [0.2, 0.25) is 0 Å². The Morgan fingerprint density at radius 2 is 2.16 bits per heavy atom. The molecular formula is C22H23FN6O3. The van der Waals surface area contributed by atoms with Gasteiger partial charge in [0.25, 0.3) is 0 Å². The first kappa shape index (κ1) is 21.4. The van der Waals surface area contributed by atoms with E-state index in [1.807, 2.05) is 20.8 Å². The Labute approximate surface area is 184 Å². The fourth-order valence-corrected chi connectivity index (χ4v) is 3.15. The van der Waals surface area contributed by atoms with E-state index in [9.17, 15) is 9.18 Å². The van der Waals surface area contributed by atoms with Crippen molar-refractivity contribution in [3.8, 4) is 11.1 Å². The molecule has 9 nitrogen and oxygen atoms in total. The van der Waals surface area contributed by atoms with Crippen molar-refractivity contribution < 1.29 is 18.8 Å². The molecule has 0 bridgehead atoms. The minimum Gasteiger partial charge on any atom is -0.442 e. The number of oxime groups is 1. The molecule has 0 saturated carbocycles. The molecule has 0 spiro atoms. The van der Waals surface area contributed by atoms with E-state index in [0.717, 1.165) is 0 Å². The molecular weight excluding hydrogens is 415 g/mol. The van der Waals surface area contributed by atoms with E-state index in [0.29, 0.717) is 35.6 Å². The van der Waals surface area contributed by atoms with Crippen LogP contribution in [-0.2, 0) is 16.1 Å². The second-order valence-corrected chi connectivity index (χ2v) is 8.32. The van der Waals surface area contributed by atoms with E-state index in [4.69, 9.17) is 9.57 Å². The smallest absolute Gasteiger partial charge is 0.414 e. The molecule has 0 radical (unpaired) electrons. The number of aromatic nitrogens is 4. The van der Waals surface area contributed by atoms with Crippen molar-refractivity contribution in [2.75, 3.05) is 11.4 Å². The molecule has 3 heterocycles. The summed E-state index contributed by atoms with van der Waals surface area (Å²) in [6, 6.07) is 8.10. The Hall–Kier alpha value is -3.82. The molecule has 0 aliphatic carbocycles. The van der Waals surface area contributed by atoms with Crippen LogP contribution < -0.4 is 4.90 Å². The van der Waals surface area contributed by atoms with Gasteiger partial charge in [-0.15, -0.1) is 5.10 Å². The van der Waals surface area contributed by atoms with Crippen LogP contribution in [0.4, 0.5) is 14.9 Å².